The van der Waals surface area contributed by atoms with Gasteiger partial charge < -0.3 is 0 Å². The summed E-state index contributed by atoms with van der Waals surface area (Å²) in [7, 11) is 0. The highest BCUT2D eigenvalue weighted by molar-refractivity contribution is 7.80. The summed E-state index contributed by atoms with van der Waals surface area (Å²) in [5.74, 6) is 0.162. The minimum absolute atomic E-state index is 0.162. The number of thiocarbonyl (C=S) groups is 1. The van der Waals surface area contributed by atoms with Gasteiger partial charge in [-0.2, -0.15) is 0 Å². The first-order valence-electron chi connectivity index (χ1n) is 5.89. The zero-order valence-electron chi connectivity index (χ0n) is 10.0. The van der Waals surface area contributed by atoms with Crippen LogP contribution in [0.4, 0.5) is 0 Å². The number of carbonyl (C=O) groups is 1. The van der Waals surface area contributed by atoms with E-state index in [1.807, 2.05) is 60.7 Å². The minimum Gasteiger partial charge on any atom is -0.299 e. The van der Waals surface area contributed by atoms with Crippen molar-refractivity contribution in [3.63, 3.8) is 0 Å². The van der Waals surface area contributed by atoms with Crippen LogP contribution in [0.3, 0.4) is 0 Å². The Balaban J connectivity index is 1.94. The van der Waals surface area contributed by atoms with Crippen LogP contribution in [-0.4, -0.2) is 10.6 Å². The van der Waals surface area contributed by atoms with Crippen LogP contribution in [0.15, 0.2) is 60.7 Å². The quantitative estimate of drug-likeness (QED) is 0.599. The predicted octanol–water partition coefficient (Wildman–Crippen LogP) is 3.61. The SMILES string of the molecule is O=C(CC(=S)c1ccccc1)Cc1ccccc1. The number of carbonyl (C=O) groups excluding carboxylic acids is 1. The first-order chi connectivity index (χ1) is 8.75. The molecule has 2 rings (SSSR count). The fraction of sp³-hybridized carbons (Fsp3) is 0.125. The summed E-state index contributed by atoms with van der Waals surface area (Å²) in [6.07, 6.45) is 0.794. The lowest BCUT2D eigenvalue weighted by molar-refractivity contribution is -0.117. The van der Waals surface area contributed by atoms with Gasteiger partial charge in [-0.3, -0.25) is 4.79 Å². The molecule has 0 saturated heterocycles. The number of benzene rings is 2. The highest BCUT2D eigenvalue weighted by Crippen LogP contribution is 2.08. The molecule has 0 spiro atoms. The fourth-order valence-corrected chi connectivity index (χ4v) is 2.09. The third-order valence-corrected chi connectivity index (χ3v) is 3.08. The smallest absolute Gasteiger partial charge is 0.142 e. The Morgan fingerprint density at radius 1 is 0.889 bits per heavy atom. The molecule has 1 nitrogen and oxygen atoms in total. The number of rotatable bonds is 5. The van der Waals surface area contributed by atoms with Gasteiger partial charge in [0.05, 0.1) is 0 Å². The zero-order chi connectivity index (χ0) is 12.8. The second kappa shape index (κ2) is 6.22. The minimum atomic E-state index is 0.162. The Bertz CT molecular complexity index is 532. The van der Waals surface area contributed by atoms with E-state index in [0.29, 0.717) is 12.8 Å². The predicted molar refractivity (Wildman–Crippen MR) is 77.9 cm³/mol. The maximum absolute atomic E-state index is 11.9. The molecule has 90 valence electrons. The largest absolute Gasteiger partial charge is 0.299 e. The van der Waals surface area contributed by atoms with E-state index in [4.69, 9.17) is 12.2 Å². The highest BCUT2D eigenvalue weighted by Gasteiger charge is 2.08. The molecule has 0 aliphatic rings. The van der Waals surface area contributed by atoms with Crippen LogP contribution in [0.25, 0.3) is 0 Å². The average Bonchev–Trinajstić information content (AvgIpc) is 2.40. The van der Waals surface area contributed by atoms with Gasteiger partial charge in [0.25, 0.3) is 0 Å². The average molecular weight is 254 g/mol. The summed E-state index contributed by atoms with van der Waals surface area (Å²) in [5, 5.41) is 0. The van der Waals surface area contributed by atoms with Crippen LogP contribution >= 0.6 is 12.2 Å². The topological polar surface area (TPSA) is 17.1 Å². The molecule has 0 atom stereocenters. The Kier molecular flexibility index (Phi) is 4.37. The number of Topliss-reactive ketones (excluding diaryl/α,β-unsaturated/α-hetero) is 1. The second-order valence-electron chi connectivity index (χ2n) is 4.17. The van der Waals surface area contributed by atoms with Gasteiger partial charge in [-0.25, -0.2) is 0 Å². The van der Waals surface area contributed by atoms with Crippen molar-refractivity contribution in [2.45, 2.75) is 12.8 Å². The molecule has 0 heterocycles. The third-order valence-electron chi connectivity index (χ3n) is 2.70. The van der Waals surface area contributed by atoms with Crippen molar-refractivity contribution in [1.29, 1.82) is 0 Å². The number of ketones is 1. The van der Waals surface area contributed by atoms with E-state index in [1.165, 1.54) is 0 Å². The maximum Gasteiger partial charge on any atom is 0.142 e. The molecule has 0 N–H and O–H groups in total. The van der Waals surface area contributed by atoms with Gasteiger partial charge in [0.1, 0.15) is 5.78 Å². The summed E-state index contributed by atoms with van der Waals surface area (Å²) in [5.41, 5.74) is 2.01. The Morgan fingerprint density at radius 3 is 2.06 bits per heavy atom. The van der Waals surface area contributed by atoms with Crippen molar-refractivity contribution in [2.75, 3.05) is 0 Å². The second-order valence-corrected chi connectivity index (χ2v) is 4.66. The van der Waals surface area contributed by atoms with Crippen LogP contribution < -0.4 is 0 Å². The van der Waals surface area contributed by atoms with Gasteiger partial charge in [-0.15, -0.1) is 0 Å². The number of hydrogen-bond acceptors (Lipinski definition) is 2. The lowest BCUT2D eigenvalue weighted by Crippen LogP contribution is -2.09. The molecular formula is C16H14OS. The molecule has 18 heavy (non-hydrogen) atoms. The zero-order valence-corrected chi connectivity index (χ0v) is 10.8. The van der Waals surface area contributed by atoms with Crippen LogP contribution in [0.5, 0.6) is 0 Å². The molecule has 2 aromatic carbocycles. The van der Waals surface area contributed by atoms with Crippen LogP contribution in [-0.2, 0) is 11.2 Å². The van der Waals surface area contributed by atoms with Crippen LogP contribution in [0.1, 0.15) is 17.5 Å². The normalized spacial score (nSPS) is 10.0. The van der Waals surface area contributed by atoms with E-state index in [2.05, 4.69) is 0 Å². The van der Waals surface area contributed by atoms with Crippen LogP contribution in [0, 0.1) is 0 Å². The van der Waals surface area contributed by atoms with E-state index in [9.17, 15) is 4.79 Å². The molecule has 0 unspecified atom stereocenters. The monoisotopic (exact) mass is 254 g/mol. The van der Waals surface area contributed by atoms with Crippen molar-refractivity contribution in [3.05, 3.63) is 71.8 Å². The van der Waals surface area contributed by atoms with E-state index in [1.54, 1.807) is 0 Å². The van der Waals surface area contributed by atoms with Gasteiger partial charge in [0, 0.05) is 17.7 Å². The van der Waals surface area contributed by atoms with Crippen molar-refractivity contribution >= 4 is 22.9 Å². The molecule has 0 radical (unpaired) electrons. The molecular weight excluding hydrogens is 240 g/mol. The van der Waals surface area contributed by atoms with Crippen LogP contribution in [0.2, 0.25) is 0 Å². The van der Waals surface area contributed by atoms with Gasteiger partial charge in [-0.1, -0.05) is 72.9 Å². The van der Waals surface area contributed by atoms with E-state index in [0.717, 1.165) is 16.0 Å². The number of hydrogen-bond donors (Lipinski definition) is 0. The standard InChI is InChI=1S/C16H14OS/c17-15(11-13-7-3-1-4-8-13)12-16(18)14-9-5-2-6-10-14/h1-10H,11-12H2. The Labute approximate surface area is 112 Å². The lowest BCUT2D eigenvalue weighted by Gasteiger charge is -2.03. The summed E-state index contributed by atoms with van der Waals surface area (Å²) in [6.45, 7) is 0. The van der Waals surface area contributed by atoms with Gasteiger partial charge >= 0.3 is 0 Å². The molecule has 0 aliphatic heterocycles. The molecule has 2 aromatic rings. The Hall–Kier alpha value is -1.80. The van der Waals surface area contributed by atoms with Gasteiger partial charge in [-0.05, 0) is 11.1 Å². The molecule has 2 heteroatoms. The fourth-order valence-electron chi connectivity index (χ4n) is 1.79. The highest BCUT2D eigenvalue weighted by atomic mass is 32.1. The van der Waals surface area contributed by atoms with E-state index >= 15 is 0 Å². The molecule has 0 aromatic heterocycles. The summed E-state index contributed by atoms with van der Waals surface area (Å²) < 4.78 is 0. The molecule has 0 fully saturated rings. The first kappa shape index (κ1) is 12.7. The molecule has 0 amide bonds. The van der Waals surface area contributed by atoms with Crippen molar-refractivity contribution in [1.82, 2.24) is 0 Å². The van der Waals surface area contributed by atoms with Crippen molar-refractivity contribution < 1.29 is 4.79 Å². The summed E-state index contributed by atoms with van der Waals surface area (Å²) in [4.78, 5) is 12.6. The molecule has 0 aliphatic carbocycles. The maximum atomic E-state index is 11.9. The van der Waals surface area contributed by atoms with E-state index in [-0.39, 0.29) is 5.78 Å². The van der Waals surface area contributed by atoms with E-state index < -0.39 is 0 Å². The van der Waals surface area contributed by atoms with Gasteiger partial charge in [0.2, 0.25) is 0 Å². The van der Waals surface area contributed by atoms with Gasteiger partial charge in [0.15, 0.2) is 0 Å². The van der Waals surface area contributed by atoms with Crippen molar-refractivity contribution in [2.24, 2.45) is 0 Å². The third kappa shape index (κ3) is 3.60. The summed E-state index contributed by atoms with van der Waals surface area (Å²) in [6, 6.07) is 19.5. The first-order valence-corrected chi connectivity index (χ1v) is 6.30. The molecule has 0 bridgehead atoms. The lowest BCUT2D eigenvalue weighted by atomic mass is 10.0. The molecule has 0 saturated carbocycles. The summed E-state index contributed by atoms with van der Waals surface area (Å²) >= 11 is 5.29. The van der Waals surface area contributed by atoms with Crippen molar-refractivity contribution in [3.8, 4) is 0 Å². The Morgan fingerprint density at radius 2 is 1.44 bits per heavy atom.